The lowest BCUT2D eigenvalue weighted by atomic mass is 10.0. The Balaban J connectivity index is 0.00000155. The Bertz CT molecular complexity index is 896. The molecule has 0 fully saturated rings. The van der Waals surface area contributed by atoms with Gasteiger partial charge >= 0.3 is 0 Å². The third-order valence-corrected chi connectivity index (χ3v) is 4.65. The second-order valence-corrected chi connectivity index (χ2v) is 6.92. The van der Waals surface area contributed by atoms with E-state index in [0.29, 0.717) is 0 Å². The first-order valence-electron chi connectivity index (χ1n) is 10.9. The number of rotatable bonds is 8. The summed E-state index contributed by atoms with van der Waals surface area (Å²) in [6.45, 7) is 10.6. The summed E-state index contributed by atoms with van der Waals surface area (Å²) in [6.07, 6.45) is 9.70. The Morgan fingerprint density at radius 2 is 1.37 bits per heavy atom. The molecule has 0 spiro atoms. The molecule has 30 heavy (non-hydrogen) atoms. The van der Waals surface area contributed by atoms with Crippen molar-refractivity contribution < 1.29 is 4.39 Å². The van der Waals surface area contributed by atoms with Crippen LogP contribution in [0.1, 0.15) is 51.7 Å². The van der Waals surface area contributed by atoms with Gasteiger partial charge in [-0.1, -0.05) is 52.0 Å². The van der Waals surface area contributed by atoms with Gasteiger partial charge in [-0.3, -0.25) is 4.98 Å². The van der Waals surface area contributed by atoms with Gasteiger partial charge in [-0.05, 0) is 77.6 Å². The van der Waals surface area contributed by atoms with Crippen molar-refractivity contribution in [2.24, 2.45) is 0 Å². The Morgan fingerprint density at radius 1 is 0.767 bits per heavy atom. The van der Waals surface area contributed by atoms with Crippen LogP contribution in [0.15, 0.2) is 67.0 Å². The Morgan fingerprint density at radius 3 is 1.97 bits per heavy atom. The summed E-state index contributed by atoms with van der Waals surface area (Å²) in [5.74, 6) is -0.237. The van der Waals surface area contributed by atoms with Gasteiger partial charge in [0, 0.05) is 31.2 Å². The predicted molar refractivity (Wildman–Crippen MR) is 129 cm³/mol. The highest BCUT2D eigenvalue weighted by atomic mass is 19.1. The summed E-state index contributed by atoms with van der Waals surface area (Å²) in [6, 6.07) is 17.4. The highest BCUT2D eigenvalue weighted by Crippen LogP contribution is 2.23. The molecule has 2 aromatic carbocycles. The van der Waals surface area contributed by atoms with Crippen molar-refractivity contribution in [2.75, 3.05) is 18.0 Å². The molecule has 3 heteroatoms. The van der Waals surface area contributed by atoms with Gasteiger partial charge in [-0.2, -0.15) is 0 Å². The van der Waals surface area contributed by atoms with Crippen LogP contribution in [0, 0.1) is 5.82 Å². The average molecular weight is 405 g/mol. The molecule has 0 aliphatic heterocycles. The molecule has 1 heterocycles. The van der Waals surface area contributed by atoms with Crippen LogP contribution < -0.4 is 4.90 Å². The fourth-order valence-corrected chi connectivity index (χ4v) is 3.32. The van der Waals surface area contributed by atoms with Crippen molar-refractivity contribution in [1.82, 2.24) is 4.98 Å². The Kier molecular flexibility index (Phi) is 9.79. The maximum Gasteiger partial charge on any atom is 0.124 e. The zero-order valence-corrected chi connectivity index (χ0v) is 18.6. The summed E-state index contributed by atoms with van der Waals surface area (Å²) >= 11 is 0. The van der Waals surface area contributed by atoms with Gasteiger partial charge in [-0.25, -0.2) is 4.39 Å². The monoisotopic (exact) mass is 404 g/mol. The molecule has 2 nitrogen and oxygen atoms in total. The van der Waals surface area contributed by atoms with Crippen LogP contribution in [0.25, 0.3) is 23.3 Å². The van der Waals surface area contributed by atoms with Crippen LogP contribution in [0.4, 0.5) is 10.1 Å². The molecule has 0 unspecified atom stereocenters. The van der Waals surface area contributed by atoms with Gasteiger partial charge in [0.1, 0.15) is 5.82 Å². The summed E-state index contributed by atoms with van der Waals surface area (Å²) in [4.78, 5) is 6.44. The van der Waals surface area contributed by atoms with Gasteiger partial charge in [0.25, 0.3) is 0 Å². The maximum absolute atomic E-state index is 14.1. The molecular formula is C27H33FN2. The van der Waals surface area contributed by atoms with Crippen LogP contribution in [-0.4, -0.2) is 18.1 Å². The van der Waals surface area contributed by atoms with Crippen molar-refractivity contribution in [3.8, 4) is 11.1 Å². The molecule has 1 aromatic heterocycles. The first-order chi connectivity index (χ1) is 14.7. The molecule has 0 amide bonds. The molecule has 0 radical (unpaired) electrons. The van der Waals surface area contributed by atoms with Crippen LogP contribution in [0.3, 0.4) is 0 Å². The van der Waals surface area contributed by atoms with Gasteiger partial charge in [-0.15, -0.1) is 0 Å². The first kappa shape index (κ1) is 23.3. The third-order valence-electron chi connectivity index (χ3n) is 4.65. The lowest BCUT2D eigenvalue weighted by Crippen LogP contribution is -2.24. The fourth-order valence-electron chi connectivity index (χ4n) is 3.32. The SMILES string of the molecule is CC.CCCN(CCC)c1ccc(/C=C/c2cc(F)cc(-c3ccncc3)c2)cc1. The van der Waals surface area contributed by atoms with Crippen LogP contribution >= 0.6 is 0 Å². The zero-order chi connectivity index (χ0) is 21.8. The zero-order valence-electron chi connectivity index (χ0n) is 18.6. The number of halogens is 1. The van der Waals surface area contributed by atoms with Gasteiger partial charge < -0.3 is 4.90 Å². The quantitative estimate of drug-likeness (QED) is 0.357. The molecule has 158 valence electrons. The van der Waals surface area contributed by atoms with Crippen molar-refractivity contribution >= 4 is 17.8 Å². The summed E-state index contributed by atoms with van der Waals surface area (Å²) < 4.78 is 14.1. The molecule has 0 saturated heterocycles. The van der Waals surface area contributed by atoms with E-state index in [-0.39, 0.29) is 5.82 Å². The molecule has 0 bridgehead atoms. The smallest absolute Gasteiger partial charge is 0.124 e. The van der Waals surface area contributed by atoms with E-state index >= 15 is 0 Å². The maximum atomic E-state index is 14.1. The molecule has 0 aliphatic rings. The second kappa shape index (κ2) is 12.6. The molecule has 0 atom stereocenters. The minimum Gasteiger partial charge on any atom is -0.372 e. The van der Waals surface area contributed by atoms with Gasteiger partial charge in [0.05, 0.1) is 0 Å². The average Bonchev–Trinajstić information content (AvgIpc) is 2.79. The standard InChI is InChI=1S/C25H27FN2.C2H6/c1-3-15-28(16-4-2)25-9-7-20(8-10-25)5-6-21-17-23(19-24(26)18-21)22-11-13-27-14-12-22;1-2/h5-14,17-19H,3-4,15-16H2,1-2H3;1-2H3/b6-5+;. The van der Waals surface area contributed by atoms with Crippen molar-refractivity contribution in [3.63, 3.8) is 0 Å². The highest BCUT2D eigenvalue weighted by Gasteiger charge is 2.04. The van der Waals surface area contributed by atoms with Crippen molar-refractivity contribution in [1.29, 1.82) is 0 Å². The van der Waals surface area contributed by atoms with E-state index < -0.39 is 0 Å². The number of anilines is 1. The van der Waals surface area contributed by atoms with E-state index in [0.717, 1.165) is 48.2 Å². The summed E-state index contributed by atoms with van der Waals surface area (Å²) in [7, 11) is 0. The third kappa shape index (κ3) is 6.84. The van der Waals surface area contributed by atoms with E-state index in [1.165, 1.54) is 5.69 Å². The largest absolute Gasteiger partial charge is 0.372 e. The van der Waals surface area contributed by atoms with E-state index in [2.05, 4.69) is 48.0 Å². The minimum absolute atomic E-state index is 0.237. The highest BCUT2D eigenvalue weighted by molar-refractivity contribution is 5.74. The van der Waals surface area contributed by atoms with E-state index in [9.17, 15) is 4.39 Å². The Labute approximate surface area is 181 Å². The lowest BCUT2D eigenvalue weighted by molar-refractivity contribution is 0.628. The van der Waals surface area contributed by atoms with Gasteiger partial charge in [0.2, 0.25) is 0 Å². The van der Waals surface area contributed by atoms with Gasteiger partial charge in [0.15, 0.2) is 0 Å². The van der Waals surface area contributed by atoms with Crippen molar-refractivity contribution in [2.45, 2.75) is 40.5 Å². The minimum atomic E-state index is -0.237. The number of pyridine rings is 1. The number of aromatic nitrogens is 1. The number of hydrogen-bond donors (Lipinski definition) is 0. The summed E-state index contributed by atoms with van der Waals surface area (Å²) in [5.41, 5.74) is 5.01. The molecule has 3 rings (SSSR count). The topological polar surface area (TPSA) is 16.1 Å². The molecule has 0 saturated carbocycles. The van der Waals surface area contributed by atoms with Crippen molar-refractivity contribution in [3.05, 3.63) is 83.9 Å². The van der Waals surface area contributed by atoms with E-state index in [4.69, 9.17) is 0 Å². The number of nitrogens with zero attached hydrogens (tertiary/aromatic N) is 2. The van der Waals surface area contributed by atoms with Crippen LogP contribution in [0.2, 0.25) is 0 Å². The van der Waals surface area contributed by atoms with E-state index in [1.807, 2.05) is 44.2 Å². The van der Waals surface area contributed by atoms with Crippen LogP contribution in [-0.2, 0) is 0 Å². The number of benzene rings is 2. The fraction of sp³-hybridized carbons (Fsp3) is 0.296. The second-order valence-electron chi connectivity index (χ2n) is 6.92. The predicted octanol–water partition coefficient (Wildman–Crippen LogP) is 7.71. The molecule has 0 aliphatic carbocycles. The molecule has 0 N–H and O–H groups in total. The first-order valence-corrected chi connectivity index (χ1v) is 10.9. The normalized spacial score (nSPS) is 10.6. The van der Waals surface area contributed by atoms with E-state index in [1.54, 1.807) is 24.5 Å². The molecular weight excluding hydrogens is 371 g/mol. The molecule has 3 aromatic rings. The number of hydrogen-bond acceptors (Lipinski definition) is 2. The van der Waals surface area contributed by atoms with Crippen LogP contribution in [0.5, 0.6) is 0 Å². The Hall–Kier alpha value is -2.94. The summed E-state index contributed by atoms with van der Waals surface area (Å²) in [5, 5.41) is 0. The lowest BCUT2D eigenvalue weighted by Gasteiger charge is -2.23.